The summed E-state index contributed by atoms with van der Waals surface area (Å²) in [4.78, 5) is 0. The van der Waals surface area contributed by atoms with E-state index in [2.05, 4.69) is 37.2 Å². The number of thiophene rings is 1. The van der Waals surface area contributed by atoms with Crippen LogP contribution in [0.15, 0.2) is 13.6 Å². The van der Waals surface area contributed by atoms with E-state index in [9.17, 15) is 13.2 Å². The van der Waals surface area contributed by atoms with Gasteiger partial charge in [0.05, 0.1) is 7.57 Å². The van der Waals surface area contributed by atoms with E-state index in [0.717, 1.165) is 0 Å². The largest absolute Gasteiger partial charge is 0.407 e. The van der Waals surface area contributed by atoms with Crippen LogP contribution < -0.4 is 5.32 Å². The molecule has 0 aliphatic heterocycles. The summed E-state index contributed by atoms with van der Waals surface area (Å²) < 4.78 is 38.7. The van der Waals surface area contributed by atoms with Gasteiger partial charge in [0.2, 0.25) is 0 Å². The molecule has 1 unspecified atom stereocenters. The molecule has 0 saturated heterocycles. The molecule has 1 N–H and O–H groups in total. The normalized spacial score (nSPS) is 14.4. The number of alkyl halides is 3. The molecule has 1 heterocycles. The van der Waals surface area contributed by atoms with Crippen molar-refractivity contribution in [3.05, 3.63) is 19.2 Å². The lowest BCUT2D eigenvalue weighted by molar-refractivity contribution is -0.156. The van der Waals surface area contributed by atoms with Gasteiger partial charge in [-0.3, -0.25) is 0 Å². The van der Waals surface area contributed by atoms with Gasteiger partial charge >= 0.3 is 6.18 Å². The maximum atomic E-state index is 12.5. The topological polar surface area (TPSA) is 12.0 Å². The van der Waals surface area contributed by atoms with Crippen LogP contribution in [0.3, 0.4) is 0 Å². The Morgan fingerprint density at radius 2 is 2.00 bits per heavy atom. The minimum atomic E-state index is -4.28. The molecular weight excluding hydrogens is 347 g/mol. The van der Waals surface area contributed by atoms with E-state index in [1.807, 2.05) is 0 Å². The van der Waals surface area contributed by atoms with E-state index in [4.69, 9.17) is 0 Å². The van der Waals surface area contributed by atoms with E-state index in [1.54, 1.807) is 0 Å². The fourth-order valence-electron chi connectivity index (χ4n) is 1.05. The van der Waals surface area contributed by atoms with Gasteiger partial charge in [0.25, 0.3) is 0 Å². The number of halogens is 5. The molecule has 0 aliphatic rings. The Kier molecular flexibility index (Phi) is 4.02. The Morgan fingerprint density at radius 3 is 2.29 bits per heavy atom. The van der Waals surface area contributed by atoms with Crippen molar-refractivity contribution < 1.29 is 13.2 Å². The highest BCUT2D eigenvalue weighted by Gasteiger charge is 2.41. The van der Waals surface area contributed by atoms with E-state index in [1.165, 1.54) is 24.5 Å². The predicted molar refractivity (Wildman–Crippen MR) is 57.6 cm³/mol. The molecule has 7 heteroatoms. The fraction of sp³-hybridized carbons (Fsp3) is 0.429. The molecule has 0 bridgehead atoms. The first-order valence-electron chi connectivity index (χ1n) is 3.55. The lowest BCUT2D eigenvalue weighted by Gasteiger charge is -2.18. The molecule has 0 aromatic carbocycles. The molecule has 0 aliphatic carbocycles. The molecule has 1 nitrogen and oxygen atoms in total. The van der Waals surface area contributed by atoms with Gasteiger partial charge in [0.1, 0.15) is 6.04 Å². The van der Waals surface area contributed by atoms with Crippen molar-refractivity contribution in [2.45, 2.75) is 12.2 Å². The van der Waals surface area contributed by atoms with Crippen LogP contribution in [0.5, 0.6) is 0 Å². The zero-order valence-electron chi connectivity index (χ0n) is 6.95. The molecule has 1 rings (SSSR count). The Balaban J connectivity index is 3.07. The molecule has 0 spiro atoms. The third-order valence-corrected chi connectivity index (χ3v) is 4.00. The summed E-state index contributed by atoms with van der Waals surface area (Å²) in [5.74, 6) is 0. The highest BCUT2D eigenvalue weighted by molar-refractivity contribution is 9.12. The van der Waals surface area contributed by atoms with Crippen LogP contribution in [0, 0.1) is 0 Å². The Hall–Kier alpha value is 0.410. The van der Waals surface area contributed by atoms with Crippen LogP contribution in [0.4, 0.5) is 13.2 Å². The second-order valence-electron chi connectivity index (χ2n) is 2.54. The summed E-state index contributed by atoms with van der Waals surface area (Å²) in [6.45, 7) is 0. The van der Waals surface area contributed by atoms with Crippen molar-refractivity contribution in [2.24, 2.45) is 0 Å². The SMILES string of the molecule is CNC(c1cc(Br)sc1Br)C(F)(F)F. The molecule has 0 fully saturated rings. The van der Waals surface area contributed by atoms with Gasteiger partial charge in [-0.15, -0.1) is 11.3 Å². The van der Waals surface area contributed by atoms with E-state index in [0.29, 0.717) is 7.57 Å². The summed E-state index contributed by atoms with van der Waals surface area (Å²) in [6.07, 6.45) is -4.28. The molecule has 1 aromatic heterocycles. The van der Waals surface area contributed by atoms with Gasteiger partial charge in [0, 0.05) is 5.56 Å². The summed E-state index contributed by atoms with van der Waals surface area (Å²) in [7, 11) is 1.29. The van der Waals surface area contributed by atoms with Gasteiger partial charge in [-0.25, -0.2) is 0 Å². The zero-order chi connectivity index (χ0) is 10.9. The molecule has 0 amide bonds. The van der Waals surface area contributed by atoms with E-state index >= 15 is 0 Å². The Morgan fingerprint density at radius 1 is 1.43 bits per heavy atom. The molecule has 14 heavy (non-hydrogen) atoms. The highest BCUT2D eigenvalue weighted by Crippen LogP contribution is 2.41. The van der Waals surface area contributed by atoms with Crippen LogP contribution >= 0.6 is 43.2 Å². The van der Waals surface area contributed by atoms with Crippen molar-refractivity contribution >= 4 is 43.2 Å². The summed E-state index contributed by atoms with van der Waals surface area (Å²) >= 11 is 7.46. The number of hydrogen-bond donors (Lipinski definition) is 1. The number of rotatable bonds is 2. The summed E-state index contributed by atoms with van der Waals surface area (Å²) in [6, 6.07) is -0.164. The van der Waals surface area contributed by atoms with Crippen LogP contribution in [-0.4, -0.2) is 13.2 Å². The second kappa shape index (κ2) is 4.51. The van der Waals surface area contributed by atoms with Crippen molar-refractivity contribution in [1.29, 1.82) is 0 Å². The van der Waals surface area contributed by atoms with Gasteiger partial charge in [-0.05, 0) is 45.0 Å². The van der Waals surface area contributed by atoms with Gasteiger partial charge in [-0.2, -0.15) is 13.2 Å². The quantitative estimate of drug-likeness (QED) is 0.845. The Bertz CT molecular complexity index is 323. The fourth-order valence-corrected chi connectivity index (χ4v) is 3.95. The van der Waals surface area contributed by atoms with Gasteiger partial charge in [-0.1, -0.05) is 0 Å². The number of nitrogens with one attached hydrogen (secondary N) is 1. The lowest BCUT2D eigenvalue weighted by Crippen LogP contribution is -2.31. The molecule has 0 saturated carbocycles. The maximum absolute atomic E-state index is 12.5. The van der Waals surface area contributed by atoms with Crippen LogP contribution in [0.2, 0.25) is 0 Å². The minimum absolute atomic E-state index is 0.205. The van der Waals surface area contributed by atoms with E-state index < -0.39 is 12.2 Å². The maximum Gasteiger partial charge on any atom is 0.407 e. The first kappa shape index (κ1) is 12.5. The second-order valence-corrected chi connectivity index (χ2v) is 6.29. The zero-order valence-corrected chi connectivity index (χ0v) is 10.9. The monoisotopic (exact) mass is 351 g/mol. The first-order chi connectivity index (χ1) is 6.36. The smallest absolute Gasteiger partial charge is 0.305 e. The molecular formula is C7H6Br2F3NS. The lowest BCUT2D eigenvalue weighted by atomic mass is 10.1. The van der Waals surface area contributed by atoms with Crippen LogP contribution in [0.25, 0.3) is 0 Å². The summed E-state index contributed by atoms with van der Waals surface area (Å²) in [5, 5.41) is 2.24. The standard InChI is InChI=1S/C7H6Br2F3NS/c1-13-5(7(10,11)12)3-2-4(8)14-6(3)9/h2,5,13H,1H3. The summed E-state index contributed by atoms with van der Waals surface area (Å²) in [5.41, 5.74) is 0.205. The van der Waals surface area contributed by atoms with Crippen molar-refractivity contribution in [3.63, 3.8) is 0 Å². The minimum Gasteiger partial charge on any atom is -0.305 e. The van der Waals surface area contributed by atoms with Crippen molar-refractivity contribution in [2.75, 3.05) is 7.05 Å². The van der Waals surface area contributed by atoms with E-state index in [-0.39, 0.29) is 5.56 Å². The highest BCUT2D eigenvalue weighted by atomic mass is 79.9. The average Bonchev–Trinajstić information content (AvgIpc) is 2.29. The number of hydrogen-bond acceptors (Lipinski definition) is 2. The third-order valence-electron chi connectivity index (χ3n) is 1.61. The predicted octanol–water partition coefficient (Wildman–Crippen LogP) is 4.10. The average molecular weight is 353 g/mol. The van der Waals surface area contributed by atoms with Crippen LogP contribution in [-0.2, 0) is 0 Å². The Labute approximate surface area is 99.9 Å². The molecule has 80 valence electrons. The third kappa shape index (κ3) is 2.71. The van der Waals surface area contributed by atoms with Crippen molar-refractivity contribution in [3.8, 4) is 0 Å². The van der Waals surface area contributed by atoms with Gasteiger partial charge in [0.15, 0.2) is 0 Å². The van der Waals surface area contributed by atoms with Gasteiger partial charge < -0.3 is 5.32 Å². The molecule has 0 radical (unpaired) electrons. The van der Waals surface area contributed by atoms with Crippen LogP contribution in [0.1, 0.15) is 11.6 Å². The molecule has 1 atom stereocenters. The van der Waals surface area contributed by atoms with Crippen molar-refractivity contribution in [1.82, 2.24) is 5.32 Å². The first-order valence-corrected chi connectivity index (χ1v) is 5.95. The molecule has 1 aromatic rings.